The molecule has 0 aliphatic carbocycles. The van der Waals surface area contributed by atoms with Gasteiger partial charge in [-0.15, -0.1) is 0 Å². The lowest BCUT2D eigenvalue weighted by atomic mass is 10.2. The highest BCUT2D eigenvalue weighted by Crippen LogP contribution is 2.14. The molecule has 1 aromatic carbocycles. The van der Waals surface area contributed by atoms with Crippen molar-refractivity contribution in [3.05, 3.63) is 34.3 Å². The molecule has 0 aliphatic heterocycles. The van der Waals surface area contributed by atoms with Crippen molar-refractivity contribution in [1.82, 2.24) is 0 Å². The summed E-state index contributed by atoms with van der Waals surface area (Å²) in [6.07, 6.45) is 0. The van der Waals surface area contributed by atoms with Crippen molar-refractivity contribution >= 4 is 21.8 Å². The summed E-state index contributed by atoms with van der Waals surface area (Å²) in [5.41, 5.74) is 5.56. The van der Waals surface area contributed by atoms with Crippen LogP contribution >= 0.6 is 15.9 Å². The van der Waals surface area contributed by atoms with E-state index in [4.69, 9.17) is 5.73 Å². The number of halogens is 1. The molecule has 0 saturated heterocycles. The largest absolute Gasteiger partial charge is 1.00 e. The molecule has 0 spiro atoms. The number of carbonyl (C=O) groups excluding carboxylic acids is 1. The van der Waals surface area contributed by atoms with Crippen molar-refractivity contribution in [2.24, 2.45) is 5.73 Å². The molecule has 0 aromatic heterocycles. The van der Waals surface area contributed by atoms with Crippen LogP contribution in [0.5, 0.6) is 0 Å². The highest BCUT2D eigenvalue weighted by molar-refractivity contribution is 9.10. The molecule has 0 unspecified atom stereocenters. The molecular formula is C7H7BrNO+. The molecular weight excluding hydrogens is 194 g/mol. The lowest BCUT2D eigenvalue weighted by Gasteiger charge is -1.95. The van der Waals surface area contributed by atoms with Crippen molar-refractivity contribution in [3.63, 3.8) is 0 Å². The molecule has 2 nitrogen and oxygen atoms in total. The summed E-state index contributed by atoms with van der Waals surface area (Å²) in [6.45, 7) is 0. The molecule has 0 bridgehead atoms. The zero-order valence-electron chi connectivity index (χ0n) is 6.17. The summed E-state index contributed by atoms with van der Waals surface area (Å²) >= 11 is 3.20. The van der Waals surface area contributed by atoms with E-state index in [0.717, 1.165) is 4.47 Å². The Morgan fingerprint density at radius 3 is 2.50 bits per heavy atom. The van der Waals surface area contributed by atoms with E-state index in [-0.39, 0.29) is 1.43 Å². The Bertz CT molecular complexity index is 264. The Morgan fingerprint density at radius 1 is 1.50 bits per heavy atom. The molecule has 0 aliphatic rings. The van der Waals surface area contributed by atoms with Crippen LogP contribution < -0.4 is 5.73 Å². The summed E-state index contributed by atoms with van der Waals surface area (Å²) in [4.78, 5) is 10.6. The minimum absolute atomic E-state index is 0. The third-order valence-electron chi connectivity index (χ3n) is 1.14. The topological polar surface area (TPSA) is 43.1 Å². The van der Waals surface area contributed by atoms with Gasteiger partial charge in [-0.25, -0.2) is 0 Å². The predicted octanol–water partition coefficient (Wildman–Crippen LogP) is 1.66. The van der Waals surface area contributed by atoms with Crippen molar-refractivity contribution in [2.45, 2.75) is 0 Å². The third kappa shape index (κ3) is 1.36. The summed E-state index contributed by atoms with van der Waals surface area (Å²) in [6, 6.07) is 7.05. The van der Waals surface area contributed by atoms with E-state index in [9.17, 15) is 4.79 Å². The zero-order valence-corrected chi connectivity index (χ0v) is 6.76. The highest BCUT2D eigenvalue weighted by atomic mass is 79.9. The molecule has 1 aromatic rings. The first-order valence-electron chi connectivity index (χ1n) is 2.76. The van der Waals surface area contributed by atoms with Gasteiger partial charge < -0.3 is 5.73 Å². The second kappa shape index (κ2) is 2.84. The van der Waals surface area contributed by atoms with Crippen LogP contribution in [0.3, 0.4) is 0 Å². The Balaban J connectivity index is 0.000001000. The number of benzene rings is 1. The number of nitrogens with two attached hydrogens (primary N) is 1. The van der Waals surface area contributed by atoms with Crippen LogP contribution in [-0.2, 0) is 0 Å². The van der Waals surface area contributed by atoms with Crippen molar-refractivity contribution in [3.8, 4) is 0 Å². The second-order valence-corrected chi connectivity index (χ2v) is 2.70. The molecule has 1 rings (SSSR count). The fourth-order valence-corrected chi connectivity index (χ4v) is 1.14. The van der Waals surface area contributed by atoms with Crippen LogP contribution in [0.1, 0.15) is 11.8 Å². The minimum Gasteiger partial charge on any atom is -0.366 e. The van der Waals surface area contributed by atoms with Crippen LogP contribution in [0, 0.1) is 0 Å². The number of hydrogen-bond acceptors (Lipinski definition) is 1. The van der Waals surface area contributed by atoms with Crippen LogP contribution in [0.25, 0.3) is 0 Å². The Kier molecular flexibility index (Phi) is 2.06. The molecule has 10 heavy (non-hydrogen) atoms. The average Bonchev–Trinajstić information content (AvgIpc) is 1.88. The highest BCUT2D eigenvalue weighted by Gasteiger charge is 2.02. The van der Waals surface area contributed by atoms with Gasteiger partial charge in [0.1, 0.15) is 0 Å². The minimum atomic E-state index is -0.410. The molecule has 0 heterocycles. The summed E-state index contributed by atoms with van der Waals surface area (Å²) in [5.74, 6) is -0.410. The SMILES string of the molecule is NC(=O)c1ccccc1Br.[H+]. The number of amides is 1. The molecule has 1 amide bonds. The number of primary amides is 1. The van der Waals surface area contributed by atoms with Crippen LogP contribution in [0.15, 0.2) is 28.7 Å². The van der Waals surface area contributed by atoms with Crippen molar-refractivity contribution in [2.75, 3.05) is 0 Å². The molecule has 3 heteroatoms. The van der Waals surface area contributed by atoms with Gasteiger partial charge in [-0.2, -0.15) is 0 Å². The third-order valence-corrected chi connectivity index (χ3v) is 1.83. The molecule has 2 N–H and O–H groups in total. The molecule has 0 radical (unpaired) electrons. The standard InChI is InChI=1S/C7H6BrNO/c8-6-4-2-1-3-5(6)7(9)10/h1-4H,(H2,9,10)/p+1. The Morgan fingerprint density at radius 2 is 2.10 bits per heavy atom. The van der Waals surface area contributed by atoms with Gasteiger partial charge in [-0.3, -0.25) is 4.79 Å². The lowest BCUT2D eigenvalue weighted by molar-refractivity contribution is 0.0999. The fourth-order valence-electron chi connectivity index (χ4n) is 0.661. The smallest absolute Gasteiger partial charge is 0.366 e. The van der Waals surface area contributed by atoms with Crippen LogP contribution in [0.4, 0.5) is 0 Å². The second-order valence-electron chi connectivity index (χ2n) is 1.84. The Hall–Kier alpha value is -0.830. The van der Waals surface area contributed by atoms with Gasteiger partial charge in [0.15, 0.2) is 0 Å². The summed E-state index contributed by atoms with van der Waals surface area (Å²) in [7, 11) is 0. The van der Waals surface area contributed by atoms with E-state index in [1.54, 1.807) is 18.2 Å². The first-order valence-corrected chi connectivity index (χ1v) is 3.55. The van der Waals surface area contributed by atoms with E-state index in [1.165, 1.54) is 0 Å². The van der Waals surface area contributed by atoms with Gasteiger partial charge in [0, 0.05) is 4.47 Å². The van der Waals surface area contributed by atoms with E-state index < -0.39 is 5.91 Å². The lowest BCUT2D eigenvalue weighted by Crippen LogP contribution is -2.11. The maximum absolute atomic E-state index is 10.6. The van der Waals surface area contributed by atoms with Gasteiger partial charge in [-0.1, -0.05) is 12.1 Å². The summed E-state index contributed by atoms with van der Waals surface area (Å²) in [5, 5.41) is 0. The van der Waals surface area contributed by atoms with Gasteiger partial charge in [-0.05, 0) is 28.1 Å². The van der Waals surface area contributed by atoms with Crippen molar-refractivity contribution in [1.29, 1.82) is 0 Å². The molecule has 0 saturated carbocycles. The zero-order chi connectivity index (χ0) is 7.56. The van der Waals surface area contributed by atoms with Gasteiger partial charge in [0.05, 0.1) is 5.56 Å². The van der Waals surface area contributed by atoms with Gasteiger partial charge in [0.25, 0.3) is 0 Å². The average molecular weight is 201 g/mol. The van der Waals surface area contributed by atoms with Gasteiger partial charge in [0.2, 0.25) is 5.91 Å². The maximum atomic E-state index is 10.6. The predicted molar refractivity (Wildman–Crippen MR) is 43.8 cm³/mol. The number of carbonyl (C=O) groups is 1. The van der Waals surface area contributed by atoms with E-state index in [0.29, 0.717) is 5.56 Å². The van der Waals surface area contributed by atoms with Gasteiger partial charge >= 0.3 is 1.43 Å². The molecule has 0 fully saturated rings. The number of rotatable bonds is 1. The first kappa shape index (κ1) is 7.28. The van der Waals surface area contributed by atoms with E-state index in [2.05, 4.69) is 15.9 Å². The van der Waals surface area contributed by atoms with Crippen molar-refractivity contribution < 1.29 is 6.22 Å². The van der Waals surface area contributed by atoms with Crippen LogP contribution in [-0.4, -0.2) is 5.91 Å². The maximum Gasteiger partial charge on any atom is 1.00 e. The first-order chi connectivity index (χ1) is 4.72. The molecule has 52 valence electrons. The number of hydrogen-bond donors (Lipinski definition) is 1. The quantitative estimate of drug-likeness (QED) is 0.737. The monoisotopic (exact) mass is 200 g/mol. The molecule has 0 atom stereocenters. The van der Waals surface area contributed by atoms with E-state index >= 15 is 0 Å². The normalized spacial score (nSPS) is 9.30. The fraction of sp³-hybridized carbons (Fsp3) is 0. The van der Waals surface area contributed by atoms with Crippen LogP contribution in [0.2, 0.25) is 0 Å². The van der Waals surface area contributed by atoms with E-state index in [1.807, 2.05) is 6.07 Å². The Labute approximate surface area is 68.7 Å². The summed E-state index contributed by atoms with van der Waals surface area (Å²) < 4.78 is 0.738.